The molecule has 0 saturated heterocycles. The van der Waals surface area contributed by atoms with Gasteiger partial charge in [-0.05, 0) is 31.0 Å². The monoisotopic (exact) mass is 248 g/mol. The van der Waals surface area contributed by atoms with Crippen molar-refractivity contribution in [2.75, 3.05) is 25.6 Å². The molecule has 96 valence electrons. The molecular formula is C13H16N2O3. The molecule has 0 aliphatic carbocycles. The van der Waals surface area contributed by atoms with Crippen molar-refractivity contribution in [3.63, 3.8) is 0 Å². The Balaban J connectivity index is 2.70. The third-order valence-electron chi connectivity index (χ3n) is 3.29. The van der Waals surface area contributed by atoms with E-state index >= 15 is 0 Å². The SMILES string of the molecule is CNC(=O)c1cc(C)c(C)c2c1OCC(=O)N2C. The lowest BCUT2D eigenvalue weighted by Crippen LogP contribution is -2.37. The number of nitrogens with one attached hydrogen (secondary N) is 1. The highest BCUT2D eigenvalue weighted by atomic mass is 16.5. The van der Waals surface area contributed by atoms with Crippen LogP contribution in [0.1, 0.15) is 21.5 Å². The molecule has 1 N–H and O–H groups in total. The Morgan fingerprint density at radius 3 is 2.72 bits per heavy atom. The van der Waals surface area contributed by atoms with Gasteiger partial charge in [-0.2, -0.15) is 0 Å². The molecule has 5 nitrogen and oxygen atoms in total. The van der Waals surface area contributed by atoms with Crippen molar-refractivity contribution in [3.05, 3.63) is 22.8 Å². The van der Waals surface area contributed by atoms with Crippen molar-refractivity contribution < 1.29 is 14.3 Å². The van der Waals surface area contributed by atoms with Crippen molar-refractivity contribution in [2.45, 2.75) is 13.8 Å². The van der Waals surface area contributed by atoms with E-state index in [1.807, 2.05) is 13.8 Å². The molecule has 0 atom stereocenters. The van der Waals surface area contributed by atoms with Crippen LogP contribution in [0.5, 0.6) is 5.75 Å². The molecule has 0 saturated carbocycles. The fraction of sp³-hybridized carbons (Fsp3) is 0.385. The first-order chi connectivity index (χ1) is 8.47. The Morgan fingerprint density at radius 2 is 2.11 bits per heavy atom. The number of carbonyl (C=O) groups excluding carboxylic acids is 2. The van der Waals surface area contributed by atoms with E-state index in [-0.39, 0.29) is 18.4 Å². The summed E-state index contributed by atoms with van der Waals surface area (Å²) in [6, 6.07) is 1.79. The molecule has 18 heavy (non-hydrogen) atoms. The summed E-state index contributed by atoms with van der Waals surface area (Å²) < 4.78 is 5.44. The van der Waals surface area contributed by atoms with Crippen molar-refractivity contribution in [1.29, 1.82) is 0 Å². The number of rotatable bonds is 1. The minimum atomic E-state index is -0.211. The zero-order valence-electron chi connectivity index (χ0n) is 11.0. The lowest BCUT2D eigenvalue weighted by atomic mass is 10.00. The first kappa shape index (κ1) is 12.4. The van der Waals surface area contributed by atoms with E-state index in [9.17, 15) is 9.59 Å². The van der Waals surface area contributed by atoms with Gasteiger partial charge in [0.15, 0.2) is 12.4 Å². The second-order valence-electron chi connectivity index (χ2n) is 4.36. The molecule has 0 bridgehead atoms. The number of carbonyl (C=O) groups is 2. The predicted molar refractivity (Wildman–Crippen MR) is 68.2 cm³/mol. The van der Waals surface area contributed by atoms with Crippen LogP contribution in [0.3, 0.4) is 0 Å². The quantitative estimate of drug-likeness (QED) is 0.807. The van der Waals surface area contributed by atoms with Gasteiger partial charge < -0.3 is 15.0 Å². The molecule has 2 amide bonds. The van der Waals surface area contributed by atoms with Gasteiger partial charge in [0, 0.05) is 14.1 Å². The number of amides is 2. The number of likely N-dealkylation sites (N-methyl/N-ethyl adjacent to an activating group) is 1. The van der Waals surface area contributed by atoms with Crippen LogP contribution in [0.15, 0.2) is 6.07 Å². The first-order valence-electron chi connectivity index (χ1n) is 5.73. The van der Waals surface area contributed by atoms with Gasteiger partial charge in [0.1, 0.15) is 0 Å². The molecule has 1 aliphatic rings. The zero-order valence-corrected chi connectivity index (χ0v) is 11.0. The van der Waals surface area contributed by atoms with E-state index in [2.05, 4.69) is 5.32 Å². The van der Waals surface area contributed by atoms with E-state index in [4.69, 9.17) is 4.74 Å². The van der Waals surface area contributed by atoms with Crippen LogP contribution in [-0.4, -0.2) is 32.5 Å². The Kier molecular flexibility index (Phi) is 2.98. The van der Waals surface area contributed by atoms with Gasteiger partial charge in [-0.1, -0.05) is 0 Å². The average molecular weight is 248 g/mol. The second kappa shape index (κ2) is 4.33. The van der Waals surface area contributed by atoms with Crippen molar-refractivity contribution in [3.8, 4) is 5.75 Å². The van der Waals surface area contributed by atoms with Crippen LogP contribution in [-0.2, 0) is 4.79 Å². The molecule has 0 aromatic heterocycles. The van der Waals surface area contributed by atoms with Gasteiger partial charge in [0.05, 0.1) is 11.3 Å². The van der Waals surface area contributed by atoms with Gasteiger partial charge in [-0.3, -0.25) is 9.59 Å². The Bertz CT molecular complexity index is 538. The molecule has 2 rings (SSSR count). The molecule has 5 heteroatoms. The maximum atomic E-state index is 11.8. The number of ether oxygens (including phenoxy) is 1. The minimum absolute atomic E-state index is 0.0318. The largest absolute Gasteiger partial charge is 0.481 e. The fourth-order valence-corrected chi connectivity index (χ4v) is 2.08. The van der Waals surface area contributed by atoms with Crippen molar-refractivity contribution in [2.24, 2.45) is 0 Å². The minimum Gasteiger partial charge on any atom is -0.481 e. The average Bonchev–Trinajstić information content (AvgIpc) is 2.36. The summed E-state index contributed by atoms with van der Waals surface area (Å²) in [6.45, 7) is 3.80. The standard InChI is InChI=1S/C13H16N2O3/c1-7-5-9(13(17)14-3)12-11(8(7)2)15(4)10(16)6-18-12/h5H,6H2,1-4H3,(H,14,17). The Labute approximate surface area is 106 Å². The highest BCUT2D eigenvalue weighted by Crippen LogP contribution is 2.39. The third-order valence-corrected chi connectivity index (χ3v) is 3.29. The molecule has 0 unspecified atom stereocenters. The van der Waals surface area contributed by atoms with E-state index in [0.717, 1.165) is 11.1 Å². The second-order valence-corrected chi connectivity index (χ2v) is 4.36. The van der Waals surface area contributed by atoms with E-state index in [1.54, 1.807) is 25.1 Å². The van der Waals surface area contributed by atoms with Crippen molar-refractivity contribution >= 4 is 17.5 Å². The Morgan fingerprint density at radius 1 is 1.44 bits per heavy atom. The summed E-state index contributed by atoms with van der Waals surface area (Å²) in [4.78, 5) is 25.1. The normalized spacial score (nSPS) is 14.0. The summed E-state index contributed by atoms with van der Waals surface area (Å²) >= 11 is 0. The summed E-state index contributed by atoms with van der Waals surface area (Å²) in [5.41, 5.74) is 3.06. The number of hydrogen-bond acceptors (Lipinski definition) is 3. The fourth-order valence-electron chi connectivity index (χ4n) is 2.08. The molecule has 1 aromatic rings. The first-order valence-corrected chi connectivity index (χ1v) is 5.73. The molecule has 0 spiro atoms. The predicted octanol–water partition coefficient (Wildman–Crippen LogP) is 1.02. The molecule has 0 fully saturated rings. The molecule has 1 aromatic carbocycles. The number of benzene rings is 1. The van der Waals surface area contributed by atoms with Crippen LogP contribution < -0.4 is 15.0 Å². The van der Waals surface area contributed by atoms with E-state index < -0.39 is 0 Å². The zero-order chi connectivity index (χ0) is 13.4. The summed E-state index contributed by atoms with van der Waals surface area (Å²) in [5, 5.41) is 2.58. The number of aryl methyl sites for hydroxylation is 1. The summed E-state index contributed by atoms with van der Waals surface area (Å²) in [6.07, 6.45) is 0. The van der Waals surface area contributed by atoms with Crippen LogP contribution in [0.2, 0.25) is 0 Å². The van der Waals surface area contributed by atoms with Crippen LogP contribution in [0.25, 0.3) is 0 Å². The molecule has 1 aliphatic heterocycles. The van der Waals surface area contributed by atoms with Crippen LogP contribution in [0, 0.1) is 13.8 Å². The lowest BCUT2D eigenvalue weighted by Gasteiger charge is -2.29. The maximum absolute atomic E-state index is 11.8. The number of nitrogens with zero attached hydrogens (tertiary/aromatic N) is 1. The highest BCUT2D eigenvalue weighted by molar-refractivity contribution is 6.05. The molecule has 0 radical (unpaired) electrons. The van der Waals surface area contributed by atoms with E-state index in [0.29, 0.717) is 17.0 Å². The summed E-state index contributed by atoms with van der Waals surface area (Å²) in [5.74, 6) is 0.163. The van der Waals surface area contributed by atoms with Gasteiger partial charge in [0.25, 0.3) is 11.8 Å². The molecular weight excluding hydrogens is 232 g/mol. The lowest BCUT2D eigenvalue weighted by molar-refractivity contribution is -0.121. The number of anilines is 1. The van der Waals surface area contributed by atoms with Crippen molar-refractivity contribution in [1.82, 2.24) is 5.32 Å². The smallest absolute Gasteiger partial charge is 0.264 e. The van der Waals surface area contributed by atoms with Crippen LogP contribution in [0.4, 0.5) is 5.69 Å². The number of fused-ring (bicyclic) bond motifs is 1. The highest BCUT2D eigenvalue weighted by Gasteiger charge is 2.29. The van der Waals surface area contributed by atoms with Gasteiger partial charge >= 0.3 is 0 Å². The van der Waals surface area contributed by atoms with E-state index in [1.165, 1.54) is 0 Å². The maximum Gasteiger partial charge on any atom is 0.264 e. The van der Waals surface area contributed by atoms with Gasteiger partial charge in [-0.25, -0.2) is 0 Å². The Hall–Kier alpha value is -2.04. The molecule has 1 heterocycles. The van der Waals surface area contributed by atoms with Gasteiger partial charge in [0.2, 0.25) is 0 Å². The van der Waals surface area contributed by atoms with Gasteiger partial charge in [-0.15, -0.1) is 0 Å². The number of hydrogen-bond donors (Lipinski definition) is 1. The third kappa shape index (κ3) is 1.72. The summed E-state index contributed by atoms with van der Waals surface area (Å²) in [7, 11) is 3.27. The topological polar surface area (TPSA) is 58.6 Å². The van der Waals surface area contributed by atoms with Crippen LogP contribution >= 0.6 is 0 Å².